The highest BCUT2D eigenvalue weighted by Gasteiger charge is 2.16. The largest absolute Gasteiger partial charge is 0.399 e. The van der Waals surface area contributed by atoms with E-state index in [-0.39, 0.29) is 5.91 Å². The summed E-state index contributed by atoms with van der Waals surface area (Å²) in [6.45, 7) is 1.99. The van der Waals surface area contributed by atoms with Crippen LogP contribution in [0.4, 0.5) is 17.1 Å². The van der Waals surface area contributed by atoms with E-state index in [1.54, 1.807) is 30.1 Å². The van der Waals surface area contributed by atoms with E-state index in [1.807, 2.05) is 31.2 Å². The van der Waals surface area contributed by atoms with Gasteiger partial charge in [-0.1, -0.05) is 12.1 Å². The number of amides is 1. The van der Waals surface area contributed by atoms with Gasteiger partial charge in [-0.2, -0.15) is 0 Å². The van der Waals surface area contributed by atoms with Crippen molar-refractivity contribution in [2.45, 2.75) is 6.92 Å². The van der Waals surface area contributed by atoms with Crippen molar-refractivity contribution in [1.29, 1.82) is 0 Å². The van der Waals surface area contributed by atoms with Crippen LogP contribution in [0.5, 0.6) is 0 Å². The number of rotatable bonds is 2. The average molecular weight is 255 g/mol. The van der Waals surface area contributed by atoms with Gasteiger partial charge < -0.3 is 16.4 Å². The second kappa shape index (κ2) is 5.02. The molecule has 2 aromatic rings. The van der Waals surface area contributed by atoms with Gasteiger partial charge in [-0.3, -0.25) is 4.79 Å². The molecule has 0 spiro atoms. The third-order valence-electron chi connectivity index (χ3n) is 3.00. The van der Waals surface area contributed by atoms with Crippen LogP contribution in [0.2, 0.25) is 0 Å². The minimum atomic E-state index is -0.150. The number of hydrogen-bond donors (Lipinski definition) is 2. The maximum absolute atomic E-state index is 12.4. The molecule has 1 amide bonds. The molecule has 0 atom stereocenters. The zero-order valence-electron chi connectivity index (χ0n) is 11.1. The molecule has 98 valence electrons. The van der Waals surface area contributed by atoms with Crippen molar-refractivity contribution >= 4 is 23.0 Å². The molecule has 4 nitrogen and oxygen atoms in total. The molecule has 0 unspecified atom stereocenters. The molecule has 4 heteroatoms. The first-order chi connectivity index (χ1) is 8.99. The summed E-state index contributed by atoms with van der Waals surface area (Å²) < 4.78 is 0. The summed E-state index contributed by atoms with van der Waals surface area (Å²) in [5, 5.41) is 0. The molecule has 4 N–H and O–H groups in total. The summed E-state index contributed by atoms with van der Waals surface area (Å²) in [7, 11) is 1.73. The quantitative estimate of drug-likeness (QED) is 0.809. The number of benzene rings is 2. The Bertz CT molecular complexity index is 623. The van der Waals surface area contributed by atoms with E-state index in [0.717, 1.165) is 11.3 Å². The van der Waals surface area contributed by atoms with Crippen LogP contribution in [-0.4, -0.2) is 13.0 Å². The van der Waals surface area contributed by atoms with Crippen molar-refractivity contribution < 1.29 is 4.79 Å². The Morgan fingerprint density at radius 2 is 1.84 bits per heavy atom. The first-order valence-electron chi connectivity index (χ1n) is 5.99. The number of hydrogen-bond acceptors (Lipinski definition) is 3. The molecule has 0 radical (unpaired) electrons. The monoisotopic (exact) mass is 255 g/mol. The van der Waals surface area contributed by atoms with E-state index in [9.17, 15) is 4.79 Å². The van der Waals surface area contributed by atoms with Crippen molar-refractivity contribution in [3.05, 3.63) is 53.6 Å². The summed E-state index contributed by atoms with van der Waals surface area (Å²) in [5.74, 6) is -0.150. The Hall–Kier alpha value is -2.49. The highest BCUT2D eigenvalue weighted by molar-refractivity contribution is 6.09. The van der Waals surface area contributed by atoms with Gasteiger partial charge in [0.05, 0.1) is 5.56 Å². The topological polar surface area (TPSA) is 72.3 Å². The van der Waals surface area contributed by atoms with Crippen molar-refractivity contribution in [3.63, 3.8) is 0 Å². The lowest BCUT2D eigenvalue weighted by Gasteiger charge is -2.19. The molecule has 0 aromatic heterocycles. The number of carbonyl (C=O) groups excluding carboxylic acids is 1. The summed E-state index contributed by atoms with van der Waals surface area (Å²) in [6.07, 6.45) is 0. The fourth-order valence-corrected chi connectivity index (χ4v) is 1.91. The normalized spacial score (nSPS) is 10.2. The molecule has 0 saturated carbocycles. The number of anilines is 3. The van der Waals surface area contributed by atoms with Crippen molar-refractivity contribution in [3.8, 4) is 0 Å². The van der Waals surface area contributed by atoms with E-state index in [2.05, 4.69) is 0 Å². The first-order valence-corrected chi connectivity index (χ1v) is 5.99. The van der Waals surface area contributed by atoms with Crippen LogP contribution >= 0.6 is 0 Å². The summed E-state index contributed by atoms with van der Waals surface area (Å²) in [4.78, 5) is 14.0. The molecule has 0 aliphatic heterocycles. The predicted molar refractivity (Wildman–Crippen MR) is 79.2 cm³/mol. The van der Waals surface area contributed by atoms with E-state index >= 15 is 0 Å². The fraction of sp³-hybridized carbons (Fsp3) is 0.133. The third-order valence-corrected chi connectivity index (χ3v) is 3.00. The van der Waals surface area contributed by atoms with Crippen LogP contribution in [-0.2, 0) is 0 Å². The van der Waals surface area contributed by atoms with Gasteiger partial charge in [0.1, 0.15) is 0 Å². The Kier molecular flexibility index (Phi) is 3.42. The van der Waals surface area contributed by atoms with E-state index < -0.39 is 0 Å². The van der Waals surface area contributed by atoms with E-state index in [0.29, 0.717) is 16.9 Å². The minimum Gasteiger partial charge on any atom is -0.399 e. The Morgan fingerprint density at radius 1 is 1.11 bits per heavy atom. The lowest BCUT2D eigenvalue weighted by Crippen LogP contribution is -2.27. The lowest BCUT2D eigenvalue weighted by atomic mass is 10.1. The SMILES string of the molecule is Cc1cccc(N(C)C(=O)c2ccc(N)cc2N)c1. The fourth-order valence-electron chi connectivity index (χ4n) is 1.91. The molecule has 0 aliphatic rings. The van der Waals surface area contributed by atoms with Crippen molar-refractivity contribution in [2.24, 2.45) is 0 Å². The predicted octanol–water partition coefficient (Wildman–Crippen LogP) is 2.44. The Morgan fingerprint density at radius 3 is 2.47 bits per heavy atom. The number of nitrogens with two attached hydrogens (primary N) is 2. The molecule has 0 fully saturated rings. The molecule has 19 heavy (non-hydrogen) atoms. The highest BCUT2D eigenvalue weighted by atomic mass is 16.2. The van der Waals surface area contributed by atoms with Gasteiger partial charge in [0.15, 0.2) is 0 Å². The lowest BCUT2D eigenvalue weighted by molar-refractivity contribution is 0.0994. The maximum Gasteiger partial charge on any atom is 0.260 e. The standard InChI is InChI=1S/C15H17N3O/c1-10-4-3-5-12(8-10)18(2)15(19)13-7-6-11(16)9-14(13)17/h3-9H,16-17H2,1-2H3. The van der Waals surface area contributed by atoms with Crippen LogP contribution in [0.3, 0.4) is 0 Å². The van der Waals surface area contributed by atoms with Crippen LogP contribution in [0.15, 0.2) is 42.5 Å². The van der Waals surface area contributed by atoms with Gasteiger partial charge in [-0.15, -0.1) is 0 Å². The Labute approximate surface area is 112 Å². The average Bonchev–Trinajstić information content (AvgIpc) is 2.37. The molecule has 2 aromatic carbocycles. The molecular formula is C15H17N3O. The molecule has 0 aliphatic carbocycles. The van der Waals surface area contributed by atoms with Gasteiger partial charge in [0.2, 0.25) is 0 Å². The molecule has 0 bridgehead atoms. The zero-order valence-corrected chi connectivity index (χ0v) is 11.1. The molecular weight excluding hydrogens is 238 g/mol. The highest BCUT2D eigenvalue weighted by Crippen LogP contribution is 2.21. The van der Waals surface area contributed by atoms with Crippen molar-refractivity contribution in [2.75, 3.05) is 23.4 Å². The Balaban J connectivity index is 2.33. The summed E-state index contributed by atoms with van der Waals surface area (Å²) in [6, 6.07) is 12.7. The van der Waals surface area contributed by atoms with Gasteiger partial charge in [-0.25, -0.2) is 0 Å². The van der Waals surface area contributed by atoms with Crippen LogP contribution < -0.4 is 16.4 Å². The summed E-state index contributed by atoms with van der Waals surface area (Å²) >= 11 is 0. The van der Waals surface area contributed by atoms with Crippen molar-refractivity contribution in [1.82, 2.24) is 0 Å². The third kappa shape index (κ3) is 2.68. The van der Waals surface area contributed by atoms with Gasteiger partial charge in [0.25, 0.3) is 5.91 Å². The molecule has 0 saturated heterocycles. The number of nitrogen functional groups attached to an aromatic ring is 2. The number of aryl methyl sites for hydroxylation is 1. The van der Waals surface area contributed by atoms with Gasteiger partial charge in [-0.05, 0) is 42.8 Å². The zero-order chi connectivity index (χ0) is 14.0. The summed E-state index contributed by atoms with van der Waals surface area (Å²) in [5.41, 5.74) is 14.8. The number of carbonyl (C=O) groups is 1. The number of nitrogens with zero attached hydrogens (tertiary/aromatic N) is 1. The second-order valence-corrected chi connectivity index (χ2v) is 4.55. The van der Waals surface area contributed by atoms with Crippen LogP contribution in [0.25, 0.3) is 0 Å². The van der Waals surface area contributed by atoms with E-state index in [1.165, 1.54) is 0 Å². The van der Waals surface area contributed by atoms with Crippen LogP contribution in [0.1, 0.15) is 15.9 Å². The van der Waals surface area contributed by atoms with Gasteiger partial charge in [0, 0.05) is 24.1 Å². The molecule has 0 heterocycles. The van der Waals surface area contributed by atoms with E-state index in [4.69, 9.17) is 11.5 Å². The molecule has 2 rings (SSSR count). The second-order valence-electron chi connectivity index (χ2n) is 4.55. The minimum absolute atomic E-state index is 0.150. The first kappa shape index (κ1) is 13.0. The smallest absolute Gasteiger partial charge is 0.260 e. The van der Waals surface area contributed by atoms with Gasteiger partial charge >= 0.3 is 0 Å². The van der Waals surface area contributed by atoms with Crippen LogP contribution in [0, 0.1) is 6.92 Å². The maximum atomic E-state index is 12.4.